The monoisotopic (exact) mass is 238 g/mol. The zero-order valence-corrected chi connectivity index (χ0v) is 10.6. The van der Waals surface area contributed by atoms with E-state index in [1.54, 1.807) is 6.07 Å². The van der Waals surface area contributed by atoms with Gasteiger partial charge in [-0.15, -0.1) is 0 Å². The van der Waals surface area contributed by atoms with Crippen LogP contribution in [-0.4, -0.2) is 23.8 Å². The minimum Gasteiger partial charge on any atom is -0.508 e. The fourth-order valence-electron chi connectivity index (χ4n) is 1.41. The highest BCUT2D eigenvalue weighted by Crippen LogP contribution is 2.24. The van der Waals surface area contributed by atoms with Crippen LogP contribution in [0.1, 0.15) is 26.3 Å². The largest absolute Gasteiger partial charge is 0.508 e. The standard InChI is InChI=1S/C13H18O4/c1-13(2,3)17-12(15)7-9-5-6-10(14)8-11(9)16-4/h5-6,8,14H,7H2,1-4H3. The van der Waals surface area contributed by atoms with Crippen molar-refractivity contribution < 1.29 is 19.4 Å². The van der Waals surface area contributed by atoms with E-state index < -0.39 is 5.60 Å². The van der Waals surface area contributed by atoms with Crippen LogP contribution in [0, 0.1) is 0 Å². The van der Waals surface area contributed by atoms with Gasteiger partial charge in [0, 0.05) is 11.6 Å². The van der Waals surface area contributed by atoms with Crippen LogP contribution >= 0.6 is 0 Å². The van der Waals surface area contributed by atoms with Gasteiger partial charge in [-0.05, 0) is 26.8 Å². The molecule has 0 radical (unpaired) electrons. The molecule has 0 aromatic heterocycles. The zero-order chi connectivity index (χ0) is 13.1. The summed E-state index contributed by atoms with van der Waals surface area (Å²) in [6, 6.07) is 4.64. The van der Waals surface area contributed by atoms with E-state index in [0.29, 0.717) is 11.3 Å². The molecule has 1 aromatic rings. The Morgan fingerprint density at radius 3 is 2.53 bits per heavy atom. The maximum absolute atomic E-state index is 11.6. The van der Waals surface area contributed by atoms with Gasteiger partial charge in [0.1, 0.15) is 17.1 Å². The Bertz CT molecular complexity index is 404. The van der Waals surface area contributed by atoms with Gasteiger partial charge >= 0.3 is 5.97 Å². The summed E-state index contributed by atoms with van der Waals surface area (Å²) in [7, 11) is 1.49. The predicted molar refractivity (Wildman–Crippen MR) is 64.2 cm³/mol. The first-order chi connectivity index (χ1) is 7.81. The van der Waals surface area contributed by atoms with Gasteiger partial charge in [0.15, 0.2) is 0 Å². The summed E-state index contributed by atoms with van der Waals surface area (Å²) in [6.07, 6.45) is 0.126. The molecule has 0 bridgehead atoms. The van der Waals surface area contributed by atoms with E-state index in [1.807, 2.05) is 20.8 Å². The quantitative estimate of drug-likeness (QED) is 0.821. The van der Waals surface area contributed by atoms with E-state index in [0.717, 1.165) is 0 Å². The van der Waals surface area contributed by atoms with Crippen molar-refractivity contribution in [2.45, 2.75) is 32.8 Å². The average Bonchev–Trinajstić information content (AvgIpc) is 2.17. The van der Waals surface area contributed by atoms with Gasteiger partial charge in [0.25, 0.3) is 0 Å². The SMILES string of the molecule is COc1cc(O)ccc1CC(=O)OC(C)(C)C. The topological polar surface area (TPSA) is 55.8 Å². The molecule has 0 unspecified atom stereocenters. The Morgan fingerprint density at radius 1 is 1.35 bits per heavy atom. The molecular formula is C13H18O4. The molecule has 0 saturated carbocycles. The Hall–Kier alpha value is -1.71. The number of methoxy groups -OCH3 is 1. The van der Waals surface area contributed by atoms with E-state index in [2.05, 4.69) is 0 Å². The van der Waals surface area contributed by atoms with Crippen LogP contribution in [-0.2, 0) is 16.0 Å². The fraction of sp³-hybridized carbons (Fsp3) is 0.462. The summed E-state index contributed by atoms with van der Waals surface area (Å²) >= 11 is 0. The third kappa shape index (κ3) is 4.34. The van der Waals surface area contributed by atoms with Gasteiger partial charge in [0.05, 0.1) is 13.5 Å². The second-order valence-corrected chi connectivity index (χ2v) is 4.76. The van der Waals surface area contributed by atoms with Crippen LogP contribution in [0.5, 0.6) is 11.5 Å². The normalized spacial score (nSPS) is 11.1. The number of hydrogen-bond acceptors (Lipinski definition) is 4. The van der Waals surface area contributed by atoms with Crippen LogP contribution in [0.15, 0.2) is 18.2 Å². The summed E-state index contributed by atoms with van der Waals surface area (Å²) in [5, 5.41) is 9.29. The molecule has 0 spiro atoms. The van der Waals surface area contributed by atoms with Gasteiger partial charge < -0.3 is 14.6 Å². The third-order valence-corrected chi connectivity index (χ3v) is 2.03. The van der Waals surface area contributed by atoms with Gasteiger partial charge in [0.2, 0.25) is 0 Å². The van der Waals surface area contributed by atoms with Crippen molar-refractivity contribution in [2.24, 2.45) is 0 Å². The fourth-order valence-corrected chi connectivity index (χ4v) is 1.41. The summed E-state index contributed by atoms with van der Waals surface area (Å²) in [5.74, 6) is 0.270. The maximum Gasteiger partial charge on any atom is 0.310 e. The minimum atomic E-state index is -0.499. The molecule has 0 atom stereocenters. The molecule has 0 heterocycles. The Balaban J connectivity index is 2.78. The number of aromatic hydroxyl groups is 1. The number of phenolic OH excluding ortho intramolecular Hbond substituents is 1. The zero-order valence-electron chi connectivity index (χ0n) is 10.6. The molecule has 0 aliphatic rings. The predicted octanol–water partition coefficient (Wildman–Crippen LogP) is 2.29. The summed E-state index contributed by atoms with van der Waals surface area (Å²) < 4.78 is 10.3. The van der Waals surface area contributed by atoms with Crippen LogP contribution in [0.3, 0.4) is 0 Å². The van der Waals surface area contributed by atoms with E-state index in [9.17, 15) is 9.90 Å². The highest BCUT2D eigenvalue weighted by atomic mass is 16.6. The van der Waals surface area contributed by atoms with Crippen molar-refractivity contribution in [2.75, 3.05) is 7.11 Å². The van der Waals surface area contributed by atoms with Gasteiger partial charge in [-0.2, -0.15) is 0 Å². The molecule has 0 fully saturated rings. The number of ether oxygens (including phenoxy) is 2. The second-order valence-electron chi connectivity index (χ2n) is 4.76. The summed E-state index contributed by atoms with van der Waals surface area (Å²) in [6.45, 7) is 5.46. The van der Waals surface area contributed by atoms with Crippen molar-refractivity contribution in [3.63, 3.8) is 0 Å². The molecule has 4 nitrogen and oxygen atoms in total. The van der Waals surface area contributed by atoms with E-state index in [1.165, 1.54) is 19.2 Å². The molecule has 1 aromatic carbocycles. The Kier molecular flexibility index (Phi) is 3.99. The number of benzene rings is 1. The third-order valence-electron chi connectivity index (χ3n) is 2.03. The van der Waals surface area contributed by atoms with Gasteiger partial charge in [-0.25, -0.2) is 0 Å². The molecule has 94 valence electrons. The second kappa shape index (κ2) is 5.08. The first-order valence-electron chi connectivity index (χ1n) is 5.39. The van der Waals surface area contributed by atoms with Crippen molar-refractivity contribution >= 4 is 5.97 Å². The molecule has 1 N–H and O–H groups in total. The molecule has 4 heteroatoms. The van der Waals surface area contributed by atoms with Crippen molar-refractivity contribution in [1.29, 1.82) is 0 Å². The highest BCUT2D eigenvalue weighted by Gasteiger charge is 2.18. The molecule has 0 saturated heterocycles. The lowest BCUT2D eigenvalue weighted by molar-refractivity contribution is -0.153. The van der Waals surface area contributed by atoms with Gasteiger partial charge in [-0.3, -0.25) is 4.79 Å². The lowest BCUT2D eigenvalue weighted by atomic mass is 10.1. The lowest BCUT2D eigenvalue weighted by Crippen LogP contribution is -2.25. The number of phenols is 1. The van der Waals surface area contributed by atoms with E-state index in [-0.39, 0.29) is 18.1 Å². The average molecular weight is 238 g/mol. The number of rotatable bonds is 3. The summed E-state index contributed by atoms with van der Waals surface area (Å²) in [4.78, 5) is 11.6. The smallest absolute Gasteiger partial charge is 0.310 e. The van der Waals surface area contributed by atoms with E-state index in [4.69, 9.17) is 9.47 Å². The van der Waals surface area contributed by atoms with Crippen molar-refractivity contribution in [3.8, 4) is 11.5 Å². The van der Waals surface area contributed by atoms with E-state index >= 15 is 0 Å². The molecule has 1 rings (SSSR count). The van der Waals surface area contributed by atoms with Gasteiger partial charge in [-0.1, -0.05) is 6.07 Å². The number of carbonyl (C=O) groups is 1. The number of hydrogen-bond donors (Lipinski definition) is 1. The van der Waals surface area contributed by atoms with Crippen molar-refractivity contribution in [1.82, 2.24) is 0 Å². The Morgan fingerprint density at radius 2 is 2.00 bits per heavy atom. The lowest BCUT2D eigenvalue weighted by Gasteiger charge is -2.19. The maximum atomic E-state index is 11.6. The van der Waals surface area contributed by atoms with Crippen LogP contribution in [0.2, 0.25) is 0 Å². The van der Waals surface area contributed by atoms with Crippen LogP contribution in [0.4, 0.5) is 0 Å². The first-order valence-corrected chi connectivity index (χ1v) is 5.39. The molecule has 17 heavy (non-hydrogen) atoms. The molecular weight excluding hydrogens is 220 g/mol. The molecule has 0 aliphatic heterocycles. The first kappa shape index (κ1) is 13.4. The molecule has 0 aliphatic carbocycles. The highest BCUT2D eigenvalue weighted by molar-refractivity contribution is 5.74. The Labute approximate surface area is 101 Å². The summed E-state index contributed by atoms with van der Waals surface area (Å²) in [5.41, 5.74) is 0.195. The minimum absolute atomic E-state index is 0.106. The number of carbonyl (C=O) groups excluding carboxylic acids is 1. The number of esters is 1. The van der Waals surface area contributed by atoms with Crippen LogP contribution in [0.25, 0.3) is 0 Å². The van der Waals surface area contributed by atoms with Crippen molar-refractivity contribution in [3.05, 3.63) is 23.8 Å². The van der Waals surface area contributed by atoms with Crippen LogP contribution < -0.4 is 4.74 Å². The molecule has 0 amide bonds.